The lowest BCUT2D eigenvalue weighted by Crippen LogP contribution is -2.48. The van der Waals surface area contributed by atoms with E-state index in [1.165, 1.54) is 55.0 Å². The van der Waals surface area contributed by atoms with Crippen LogP contribution in [0.3, 0.4) is 0 Å². The van der Waals surface area contributed by atoms with Crippen LogP contribution >= 0.6 is 11.6 Å². The van der Waals surface area contributed by atoms with Crippen LogP contribution in [-0.4, -0.2) is 16.5 Å². The number of aryl methyl sites for hydroxylation is 1. The van der Waals surface area contributed by atoms with Crippen molar-refractivity contribution in [1.29, 1.82) is 0 Å². The molecule has 162 valence electrons. The molecule has 3 nitrogen and oxygen atoms in total. The van der Waals surface area contributed by atoms with Gasteiger partial charge in [-0.05, 0) is 117 Å². The van der Waals surface area contributed by atoms with E-state index in [1.54, 1.807) is 11.8 Å². The highest BCUT2D eigenvalue weighted by molar-refractivity contribution is 6.33. The summed E-state index contributed by atoms with van der Waals surface area (Å²) in [7, 11) is 0. The molecule has 31 heavy (non-hydrogen) atoms. The van der Waals surface area contributed by atoms with Crippen LogP contribution in [-0.2, 0) is 11.8 Å². The summed E-state index contributed by atoms with van der Waals surface area (Å²) >= 11 is 6.56. The zero-order chi connectivity index (χ0) is 21.0. The van der Waals surface area contributed by atoms with E-state index in [-0.39, 0.29) is 0 Å². The number of pyridine rings is 1. The molecule has 4 saturated carbocycles. The molecule has 4 aliphatic carbocycles. The van der Waals surface area contributed by atoms with Crippen molar-refractivity contribution in [3.63, 3.8) is 0 Å². The van der Waals surface area contributed by atoms with E-state index in [2.05, 4.69) is 28.2 Å². The van der Waals surface area contributed by atoms with Gasteiger partial charge in [0.25, 0.3) is 0 Å². The molecule has 2 heterocycles. The number of benzene rings is 1. The number of unbranched alkanes of at least 4 members (excludes halogenated alkanes) is 1. The van der Waals surface area contributed by atoms with E-state index in [9.17, 15) is 0 Å². The topological polar surface area (TPSA) is 54.7 Å². The molecule has 3 aromatic rings. The molecule has 4 bridgehead atoms. The number of aromatic nitrogens is 2. The summed E-state index contributed by atoms with van der Waals surface area (Å²) in [6.45, 7) is 0.742. The number of H-pyrrole nitrogens is 1. The minimum Gasteiger partial charge on any atom is -0.354 e. The average molecular weight is 434 g/mol. The van der Waals surface area contributed by atoms with Crippen molar-refractivity contribution in [2.24, 2.45) is 23.5 Å². The first-order valence-corrected chi connectivity index (χ1v) is 12.5. The summed E-state index contributed by atoms with van der Waals surface area (Å²) in [6, 6.07) is 9.32. The van der Waals surface area contributed by atoms with E-state index in [1.807, 2.05) is 12.3 Å². The van der Waals surface area contributed by atoms with Gasteiger partial charge in [0, 0.05) is 28.9 Å². The van der Waals surface area contributed by atoms with Gasteiger partial charge in [-0.15, -0.1) is 0 Å². The average Bonchev–Trinajstić information content (AvgIpc) is 3.11. The summed E-state index contributed by atoms with van der Waals surface area (Å²) in [6.07, 6.45) is 15.4. The maximum Gasteiger partial charge on any atom is 0.0682 e. The van der Waals surface area contributed by atoms with Crippen molar-refractivity contribution in [1.82, 2.24) is 9.97 Å². The van der Waals surface area contributed by atoms with Crippen molar-refractivity contribution in [3.05, 3.63) is 52.8 Å². The predicted octanol–water partition coefficient (Wildman–Crippen LogP) is 6.63. The lowest BCUT2D eigenvalue weighted by Gasteiger charge is -2.57. The minimum absolute atomic E-state index is 0.420. The number of halogens is 1. The van der Waals surface area contributed by atoms with Gasteiger partial charge >= 0.3 is 0 Å². The van der Waals surface area contributed by atoms with E-state index < -0.39 is 0 Å². The number of nitrogens with one attached hydrogen (secondary N) is 1. The largest absolute Gasteiger partial charge is 0.354 e. The summed E-state index contributed by atoms with van der Waals surface area (Å²) < 4.78 is 0. The first kappa shape index (κ1) is 19.8. The van der Waals surface area contributed by atoms with Gasteiger partial charge in [-0.1, -0.05) is 17.7 Å². The van der Waals surface area contributed by atoms with Crippen molar-refractivity contribution in [2.45, 2.75) is 63.2 Å². The molecule has 7 rings (SSSR count). The highest BCUT2D eigenvalue weighted by Crippen LogP contribution is 2.61. The second-order valence-electron chi connectivity index (χ2n) is 10.5. The quantitative estimate of drug-likeness (QED) is 0.428. The van der Waals surface area contributed by atoms with Crippen molar-refractivity contribution in [3.8, 4) is 11.3 Å². The van der Waals surface area contributed by atoms with Gasteiger partial charge in [-0.2, -0.15) is 0 Å². The number of rotatable bonds is 6. The Labute approximate surface area is 189 Å². The lowest BCUT2D eigenvalue weighted by atomic mass is 9.48. The number of aromatic amines is 1. The molecule has 3 N–H and O–H groups in total. The van der Waals surface area contributed by atoms with E-state index >= 15 is 0 Å². The molecular weight excluding hydrogens is 402 g/mol. The van der Waals surface area contributed by atoms with Gasteiger partial charge in [0.1, 0.15) is 0 Å². The van der Waals surface area contributed by atoms with E-state index in [0.717, 1.165) is 54.8 Å². The predicted molar refractivity (Wildman–Crippen MR) is 128 cm³/mol. The zero-order valence-corrected chi connectivity index (χ0v) is 18.9. The van der Waals surface area contributed by atoms with Gasteiger partial charge in [-0.3, -0.25) is 4.98 Å². The highest BCUT2D eigenvalue weighted by atomic mass is 35.5. The highest BCUT2D eigenvalue weighted by Gasteiger charge is 2.51. The van der Waals surface area contributed by atoms with Gasteiger partial charge in [0.05, 0.1) is 10.7 Å². The van der Waals surface area contributed by atoms with Crippen LogP contribution in [0, 0.1) is 17.8 Å². The first-order valence-electron chi connectivity index (χ1n) is 12.1. The second kappa shape index (κ2) is 7.64. The number of nitrogens with two attached hydrogens (primary N) is 1. The fourth-order valence-corrected chi connectivity index (χ4v) is 7.77. The molecule has 0 saturated heterocycles. The van der Waals surface area contributed by atoms with Crippen LogP contribution in [0.15, 0.2) is 36.7 Å². The van der Waals surface area contributed by atoms with E-state index in [4.69, 9.17) is 17.3 Å². The van der Waals surface area contributed by atoms with Gasteiger partial charge in [0.15, 0.2) is 0 Å². The molecule has 4 heteroatoms. The minimum atomic E-state index is 0.420. The third kappa shape index (κ3) is 3.32. The molecular formula is C27H32ClN3. The Balaban J connectivity index is 1.46. The maximum absolute atomic E-state index is 6.56. The Morgan fingerprint density at radius 3 is 2.45 bits per heavy atom. The van der Waals surface area contributed by atoms with Crippen LogP contribution < -0.4 is 5.73 Å². The van der Waals surface area contributed by atoms with Crippen LogP contribution in [0.2, 0.25) is 5.02 Å². The zero-order valence-electron chi connectivity index (χ0n) is 18.2. The van der Waals surface area contributed by atoms with Crippen LogP contribution in [0.25, 0.3) is 22.2 Å². The molecule has 1 aromatic carbocycles. The molecule has 0 unspecified atom stereocenters. The maximum atomic E-state index is 6.56. The molecule has 0 radical (unpaired) electrons. The Bertz CT molecular complexity index is 1080. The van der Waals surface area contributed by atoms with Crippen LogP contribution in [0.5, 0.6) is 0 Å². The number of nitrogens with zero attached hydrogens (tertiary/aromatic N) is 1. The van der Waals surface area contributed by atoms with Crippen LogP contribution in [0.1, 0.15) is 62.5 Å². The van der Waals surface area contributed by atoms with Gasteiger partial charge in [-0.25, -0.2) is 0 Å². The molecule has 0 spiro atoms. The van der Waals surface area contributed by atoms with Gasteiger partial charge in [0.2, 0.25) is 0 Å². The summed E-state index contributed by atoms with van der Waals surface area (Å²) in [5, 5.41) is 2.09. The lowest BCUT2D eigenvalue weighted by molar-refractivity contribution is -0.00513. The number of fused-ring (bicyclic) bond motifs is 1. The standard InChI is InChI=1S/C27H32ClN3/c28-24-16-30-8-6-22(24)26-21(3-1-2-7-29)23-12-20(4-5-25(23)31-26)27-13-17-9-18(14-27)11-19(10-17)15-27/h4-6,8,12,16-19,31H,1-3,7,9-11,13-15,29H2. The summed E-state index contributed by atoms with van der Waals surface area (Å²) in [5.74, 6) is 2.88. The first-order chi connectivity index (χ1) is 15.1. The van der Waals surface area contributed by atoms with Crippen molar-refractivity contribution in [2.75, 3.05) is 6.54 Å². The Hall–Kier alpha value is -1.84. The number of hydrogen-bond donors (Lipinski definition) is 2. The molecule has 0 atom stereocenters. The molecule has 2 aromatic heterocycles. The monoisotopic (exact) mass is 433 g/mol. The summed E-state index contributed by atoms with van der Waals surface area (Å²) in [5.41, 5.74) is 12.6. The normalized spacial score (nSPS) is 29.2. The third-order valence-electron chi connectivity index (χ3n) is 8.48. The molecule has 0 aliphatic heterocycles. The molecule has 4 fully saturated rings. The fourth-order valence-electron chi connectivity index (χ4n) is 7.56. The summed E-state index contributed by atoms with van der Waals surface area (Å²) in [4.78, 5) is 7.89. The third-order valence-corrected chi connectivity index (χ3v) is 8.78. The molecule has 4 aliphatic rings. The Morgan fingerprint density at radius 1 is 1.03 bits per heavy atom. The van der Waals surface area contributed by atoms with Crippen LogP contribution in [0.4, 0.5) is 0 Å². The molecule has 0 amide bonds. The Kier molecular flexibility index (Phi) is 4.88. The van der Waals surface area contributed by atoms with Crippen molar-refractivity contribution >= 4 is 22.5 Å². The van der Waals surface area contributed by atoms with Gasteiger partial charge < -0.3 is 10.7 Å². The van der Waals surface area contributed by atoms with Crippen molar-refractivity contribution < 1.29 is 0 Å². The Morgan fingerprint density at radius 2 is 1.77 bits per heavy atom. The fraction of sp³-hybridized carbons (Fsp3) is 0.519. The smallest absolute Gasteiger partial charge is 0.0682 e. The SMILES string of the molecule is NCCCCc1c(-c2ccncc2Cl)[nH]c2ccc(C34CC5CC(CC(C5)C3)C4)cc12. The van der Waals surface area contributed by atoms with E-state index in [0.29, 0.717) is 10.4 Å². The number of hydrogen-bond acceptors (Lipinski definition) is 2. The second-order valence-corrected chi connectivity index (χ2v) is 10.9.